The molecule has 1 aliphatic rings. The predicted molar refractivity (Wildman–Crippen MR) is 100 cm³/mol. The summed E-state index contributed by atoms with van der Waals surface area (Å²) >= 11 is 5.72. The summed E-state index contributed by atoms with van der Waals surface area (Å²) in [6, 6.07) is 6.98. The first-order valence-electron chi connectivity index (χ1n) is 8.25. The Bertz CT molecular complexity index is 906. The highest BCUT2D eigenvalue weighted by molar-refractivity contribution is 6.31. The van der Waals surface area contributed by atoms with E-state index < -0.39 is 17.8 Å². The van der Waals surface area contributed by atoms with E-state index in [1.165, 1.54) is 17.0 Å². The highest BCUT2D eigenvalue weighted by Gasteiger charge is 2.38. The third kappa shape index (κ3) is 3.95. The number of amides is 2. The monoisotopic (exact) mass is 392 g/mol. The van der Waals surface area contributed by atoms with E-state index in [1.54, 1.807) is 12.1 Å². The van der Waals surface area contributed by atoms with Crippen molar-refractivity contribution >= 4 is 40.7 Å². The number of fused-ring (bicyclic) bond motifs is 1. The Hall–Kier alpha value is -2.87. The molecule has 3 N–H and O–H groups in total. The molecule has 2 heterocycles. The zero-order chi connectivity index (χ0) is 19.7. The summed E-state index contributed by atoms with van der Waals surface area (Å²) in [5, 5.41) is 2.47. The van der Waals surface area contributed by atoms with Crippen LogP contribution in [0.25, 0.3) is 0 Å². The normalized spacial score (nSPS) is 16.1. The van der Waals surface area contributed by atoms with Crippen molar-refractivity contribution in [3.63, 3.8) is 0 Å². The van der Waals surface area contributed by atoms with Crippen LogP contribution in [0, 0.1) is 11.7 Å². The maximum Gasteiger partial charge on any atom is 0.270 e. The van der Waals surface area contributed by atoms with E-state index in [9.17, 15) is 14.0 Å². The molecule has 0 fully saturated rings. The summed E-state index contributed by atoms with van der Waals surface area (Å²) < 4.78 is 19.0. The Kier molecular flexibility index (Phi) is 5.18. The number of benzene rings is 1. The van der Waals surface area contributed by atoms with Gasteiger partial charge in [-0.1, -0.05) is 25.4 Å². The quantitative estimate of drug-likeness (QED) is 0.833. The van der Waals surface area contributed by atoms with E-state index >= 15 is 0 Å². The van der Waals surface area contributed by atoms with Crippen molar-refractivity contribution in [1.29, 1.82) is 0 Å². The van der Waals surface area contributed by atoms with E-state index in [0.29, 0.717) is 11.4 Å². The number of hydrogen-bond donors (Lipinski definition) is 2. The number of anilines is 3. The standard InChI is InChI=1S/C18H18ClFN4O3/c1-9(2)16-18(26)24(17-13(27-16)5-6-14(21)23-17)8-15(25)22-10-3-4-12(20)11(19)7-10/h3-7,9,16H,8H2,1-2H3,(H2,21,23)(H,22,25). The zero-order valence-electron chi connectivity index (χ0n) is 14.7. The SMILES string of the molecule is CC(C)C1Oc2ccc(N)nc2N(CC(=O)Nc2ccc(F)c(Cl)c2)C1=O. The summed E-state index contributed by atoms with van der Waals surface area (Å²) in [6.45, 7) is 3.39. The van der Waals surface area contributed by atoms with Crippen molar-refractivity contribution in [2.24, 2.45) is 5.92 Å². The number of nitrogens with zero attached hydrogens (tertiary/aromatic N) is 2. The molecular formula is C18H18ClFN4O3. The molecule has 2 amide bonds. The second-order valence-corrected chi connectivity index (χ2v) is 6.85. The molecule has 2 aromatic rings. The third-order valence-electron chi connectivity index (χ3n) is 3.99. The molecule has 0 bridgehead atoms. The van der Waals surface area contributed by atoms with E-state index in [-0.39, 0.29) is 35.0 Å². The number of carbonyl (C=O) groups excluding carboxylic acids is 2. The largest absolute Gasteiger partial charge is 0.476 e. The van der Waals surface area contributed by atoms with Crippen molar-refractivity contribution in [3.8, 4) is 5.75 Å². The van der Waals surface area contributed by atoms with Gasteiger partial charge in [0.1, 0.15) is 18.2 Å². The molecule has 0 aliphatic carbocycles. The Morgan fingerprint density at radius 2 is 2.15 bits per heavy atom. The Morgan fingerprint density at radius 3 is 2.81 bits per heavy atom. The molecule has 1 aromatic carbocycles. The minimum atomic E-state index is -0.740. The van der Waals surface area contributed by atoms with Gasteiger partial charge in [-0.15, -0.1) is 0 Å². The van der Waals surface area contributed by atoms with Gasteiger partial charge in [0.05, 0.1) is 5.02 Å². The molecule has 1 aromatic heterocycles. The first-order chi connectivity index (χ1) is 12.8. The van der Waals surface area contributed by atoms with Gasteiger partial charge in [0.2, 0.25) is 5.91 Å². The maximum absolute atomic E-state index is 13.3. The molecule has 9 heteroatoms. The molecule has 0 radical (unpaired) electrons. The van der Waals surface area contributed by atoms with Crippen LogP contribution in [0.5, 0.6) is 5.75 Å². The average Bonchev–Trinajstić information content (AvgIpc) is 2.60. The van der Waals surface area contributed by atoms with Gasteiger partial charge in [-0.25, -0.2) is 9.37 Å². The van der Waals surface area contributed by atoms with Gasteiger partial charge in [-0.3, -0.25) is 14.5 Å². The molecule has 0 saturated heterocycles. The van der Waals surface area contributed by atoms with E-state index in [1.807, 2.05) is 13.8 Å². The van der Waals surface area contributed by atoms with Crippen LogP contribution < -0.4 is 20.7 Å². The van der Waals surface area contributed by atoms with Gasteiger partial charge < -0.3 is 15.8 Å². The predicted octanol–water partition coefficient (Wildman–Crippen LogP) is 2.85. The molecule has 1 aliphatic heterocycles. The first kappa shape index (κ1) is 18.9. The van der Waals surface area contributed by atoms with E-state index in [2.05, 4.69) is 10.3 Å². The molecule has 27 heavy (non-hydrogen) atoms. The number of ether oxygens (including phenoxy) is 1. The smallest absolute Gasteiger partial charge is 0.270 e. The minimum Gasteiger partial charge on any atom is -0.476 e. The summed E-state index contributed by atoms with van der Waals surface area (Å²) in [5.74, 6) is -0.822. The number of nitrogens with two attached hydrogens (primary N) is 1. The number of carbonyl (C=O) groups is 2. The molecule has 1 atom stereocenters. The minimum absolute atomic E-state index is 0.107. The van der Waals surface area contributed by atoms with Crippen molar-refractivity contribution < 1.29 is 18.7 Å². The lowest BCUT2D eigenvalue weighted by atomic mass is 10.0. The lowest BCUT2D eigenvalue weighted by Crippen LogP contribution is -2.51. The summed E-state index contributed by atoms with van der Waals surface area (Å²) in [4.78, 5) is 30.6. The van der Waals surface area contributed by atoms with Crippen molar-refractivity contribution in [2.45, 2.75) is 20.0 Å². The van der Waals surface area contributed by atoms with Crippen LogP contribution in [0.3, 0.4) is 0 Å². The second-order valence-electron chi connectivity index (χ2n) is 6.44. The number of aromatic nitrogens is 1. The molecule has 7 nitrogen and oxygen atoms in total. The fourth-order valence-electron chi connectivity index (χ4n) is 2.67. The second kappa shape index (κ2) is 7.40. The number of nitrogen functional groups attached to an aromatic ring is 1. The highest BCUT2D eigenvalue weighted by atomic mass is 35.5. The van der Waals surface area contributed by atoms with Gasteiger partial charge in [-0.2, -0.15) is 0 Å². The van der Waals surface area contributed by atoms with Crippen LogP contribution in [0.1, 0.15) is 13.8 Å². The van der Waals surface area contributed by atoms with Crippen LogP contribution in [-0.4, -0.2) is 29.4 Å². The Morgan fingerprint density at radius 1 is 1.41 bits per heavy atom. The lowest BCUT2D eigenvalue weighted by Gasteiger charge is -2.34. The molecular weight excluding hydrogens is 375 g/mol. The van der Waals surface area contributed by atoms with E-state index in [4.69, 9.17) is 22.1 Å². The van der Waals surface area contributed by atoms with Crippen LogP contribution in [0.4, 0.5) is 21.7 Å². The fraction of sp³-hybridized carbons (Fsp3) is 0.278. The summed E-state index contributed by atoms with van der Waals surface area (Å²) in [7, 11) is 0. The number of hydrogen-bond acceptors (Lipinski definition) is 5. The fourth-order valence-corrected chi connectivity index (χ4v) is 2.85. The number of pyridine rings is 1. The topological polar surface area (TPSA) is 97.6 Å². The zero-order valence-corrected chi connectivity index (χ0v) is 15.5. The molecule has 0 spiro atoms. The van der Waals surface area contributed by atoms with Gasteiger partial charge in [0.25, 0.3) is 5.91 Å². The van der Waals surface area contributed by atoms with Crippen LogP contribution in [-0.2, 0) is 9.59 Å². The summed E-state index contributed by atoms with van der Waals surface area (Å²) in [5.41, 5.74) is 6.03. The van der Waals surface area contributed by atoms with Gasteiger partial charge in [0.15, 0.2) is 17.7 Å². The Balaban J connectivity index is 1.85. The van der Waals surface area contributed by atoms with Crippen LogP contribution in [0.15, 0.2) is 30.3 Å². The van der Waals surface area contributed by atoms with Gasteiger partial charge >= 0.3 is 0 Å². The average molecular weight is 393 g/mol. The number of halogens is 2. The number of nitrogens with one attached hydrogen (secondary N) is 1. The first-order valence-corrected chi connectivity index (χ1v) is 8.63. The van der Waals surface area contributed by atoms with Gasteiger partial charge in [0, 0.05) is 5.69 Å². The van der Waals surface area contributed by atoms with Crippen LogP contribution >= 0.6 is 11.6 Å². The van der Waals surface area contributed by atoms with E-state index in [0.717, 1.165) is 6.07 Å². The lowest BCUT2D eigenvalue weighted by molar-refractivity contribution is -0.129. The van der Waals surface area contributed by atoms with Gasteiger partial charge in [-0.05, 0) is 36.2 Å². The van der Waals surface area contributed by atoms with Crippen molar-refractivity contribution in [2.75, 3.05) is 22.5 Å². The van der Waals surface area contributed by atoms with Crippen LogP contribution in [0.2, 0.25) is 5.02 Å². The molecule has 1 unspecified atom stereocenters. The van der Waals surface area contributed by atoms with Crippen molar-refractivity contribution in [1.82, 2.24) is 4.98 Å². The number of rotatable bonds is 4. The maximum atomic E-state index is 13.3. The molecule has 0 saturated carbocycles. The third-order valence-corrected chi connectivity index (χ3v) is 4.28. The molecule has 142 valence electrons. The Labute approximate surface area is 160 Å². The van der Waals surface area contributed by atoms with Crippen molar-refractivity contribution in [3.05, 3.63) is 41.2 Å². The highest BCUT2D eigenvalue weighted by Crippen LogP contribution is 2.34. The molecule has 3 rings (SSSR count). The summed E-state index contributed by atoms with van der Waals surface area (Å²) in [6.07, 6.45) is -0.740.